The summed E-state index contributed by atoms with van der Waals surface area (Å²) in [4.78, 5) is 28.6. The molecule has 3 rings (SSSR count). The van der Waals surface area contributed by atoms with E-state index in [1.54, 1.807) is 29.2 Å². The predicted molar refractivity (Wildman–Crippen MR) is 113 cm³/mol. The highest BCUT2D eigenvalue weighted by molar-refractivity contribution is 6.32. The largest absolute Gasteiger partial charge is 0.340 e. The molecule has 150 valence electrons. The molecular weight excluding hydrogens is 411 g/mol. The van der Waals surface area contributed by atoms with Crippen LogP contribution in [0.2, 0.25) is 10.0 Å². The van der Waals surface area contributed by atoms with Crippen LogP contribution in [0.3, 0.4) is 0 Å². The Balaban J connectivity index is 1.46. The van der Waals surface area contributed by atoms with Crippen LogP contribution in [0.1, 0.15) is 11.1 Å². The fourth-order valence-corrected chi connectivity index (χ4v) is 3.58. The summed E-state index contributed by atoms with van der Waals surface area (Å²) in [5.74, 6) is -0.129. The molecule has 1 aliphatic rings. The molecule has 0 spiro atoms. The van der Waals surface area contributed by atoms with E-state index in [0.717, 1.165) is 5.56 Å². The van der Waals surface area contributed by atoms with E-state index in [2.05, 4.69) is 5.32 Å². The average molecular weight is 431 g/mol. The molecule has 0 atom stereocenters. The van der Waals surface area contributed by atoms with Crippen molar-refractivity contribution in [3.63, 3.8) is 0 Å². The van der Waals surface area contributed by atoms with Gasteiger partial charge in [-0.05, 0) is 29.8 Å². The smallest absolute Gasteiger partial charge is 0.238 e. The lowest BCUT2D eigenvalue weighted by atomic mass is 10.1. The van der Waals surface area contributed by atoms with Crippen LogP contribution in [-0.2, 0) is 16.0 Å². The zero-order valence-corrected chi connectivity index (χ0v) is 17.2. The number of rotatable bonds is 5. The van der Waals surface area contributed by atoms with Gasteiger partial charge in [-0.2, -0.15) is 5.26 Å². The molecule has 0 radical (unpaired) electrons. The Morgan fingerprint density at radius 2 is 1.76 bits per heavy atom. The quantitative estimate of drug-likeness (QED) is 0.789. The first-order valence-electron chi connectivity index (χ1n) is 9.19. The third kappa shape index (κ3) is 5.70. The van der Waals surface area contributed by atoms with Gasteiger partial charge in [0.15, 0.2) is 0 Å². The number of carbonyl (C=O) groups excluding carboxylic acids is 2. The summed E-state index contributed by atoms with van der Waals surface area (Å²) in [5.41, 5.74) is 1.73. The number of hydrogen-bond acceptors (Lipinski definition) is 4. The molecule has 0 bridgehead atoms. The molecule has 1 saturated heterocycles. The van der Waals surface area contributed by atoms with E-state index in [9.17, 15) is 9.59 Å². The van der Waals surface area contributed by atoms with Gasteiger partial charge in [0.05, 0.1) is 23.6 Å². The molecule has 0 aromatic heterocycles. The monoisotopic (exact) mass is 430 g/mol. The molecule has 2 amide bonds. The lowest BCUT2D eigenvalue weighted by Gasteiger charge is -2.34. The van der Waals surface area contributed by atoms with Gasteiger partial charge in [-0.1, -0.05) is 41.4 Å². The van der Waals surface area contributed by atoms with E-state index >= 15 is 0 Å². The highest BCUT2D eigenvalue weighted by Crippen LogP contribution is 2.20. The molecule has 0 saturated carbocycles. The number of nitrogens with zero attached hydrogens (tertiary/aromatic N) is 3. The molecule has 1 aliphatic heterocycles. The fraction of sp³-hybridized carbons (Fsp3) is 0.286. The summed E-state index contributed by atoms with van der Waals surface area (Å²) in [6.45, 7) is 2.61. The van der Waals surface area contributed by atoms with Gasteiger partial charge in [-0.25, -0.2) is 0 Å². The van der Waals surface area contributed by atoms with E-state index in [1.807, 2.05) is 29.2 Å². The van der Waals surface area contributed by atoms with Crippen molar-refractivity contribution in [2.75, 3.05) is 38.0 Å². The molecule has 8 heteroatoms. The third-order valence-corrected chi connectivity index (χ3v) is 5.45. The summed E-state index contributed by atoms with van der Waals surface area (Å²) in [6, 6.07) is 14.1. The Kier molecular flexibility index (Phi) is 7.10. The van der Waals surface area contributed by atoms with Crippen molar-refractivity contribution < 1.29 is 9.59 Å². The predicted octanol–water partition coefficient (Wildman–Crippen LogP) is 3.19. The highest BCUT2D eigenvalue weighted by Gasteiger charge is 2.23. The molecule has 0 aliphatic carbocycles. The first kappa shape index (κ1) is 21.1. The maximum Gasteiger partial charge on any atom is 0.238 e. The van der Waals surface area contributed by atoms with Gasteiger partial charge in [0, 0.05) is 36.9 Å². The van der Waals surface area contributed by atoms with Crippen LogP contribution in [0.15, 0.2) is 42.5 Å². The number of anilines is 1. The molecule has 0 unspecified atom stereocenters. The first-order valence-corrected chi connectivity index (χ1v) is 9.95. The van der Waals surface area contributed by atoms with Crippen molar-refractivity contribution in [1.29, 1.82) is 5.26 Å². The van der Waals surface area contributed by atoms with Crippen molar-refractivity contribution >= 4 is 40.7 Å². The topological polar surface area (TPSA) is 76.4 Å². The number of nitriles is 1. The Morgan fingerprint density at radius 3 is 2.41 bits per heavy atom. The SMILES string of the molecule is N#Cc1ccc(NC(=O)CN2CCN(C(=O)Cc3ccccc3Cl)CC2)cc1Cl. The molecule has 1 N–H and O–H groups in total. The lowest BCUT2D eigenvalue weighted by molar-refractivity contribution is -0.132. The van der Waals surface area contributed by atoms with Gasteiger partial charge in [-0.3, -0.25) is 14.5 Å². The Hall–Kier alpha value is -2.59. The summed E-state index contributed by atoms with van der Waals surface area (Å²) < 4.78 is 0. The lowest BCUT2D eigenvalue weighted by Crippen LogP contribution is -2.50. The molecular formula is C21H20Cl2N4O2. The van der Waals surface area contributed by atoms with Crippen LogP contribution in [0, 0.1) is 11.3 Å². The number of amides is 2. The van der Waals surface area contributed by atoms with E-state index < -0.39 is 0 Å². The van der Waals surface area contributed by atoms with Crippen molar-refractivity contribution in [3.8, 4) is 6.07 Å². The van der Waals surface area contributed by atoms with Crippen LogP contribution in [0.25, 0.3) is 0 Å². The number of nitrogens with one attached hydrogen (secondary N) is 1. The maximum atomic E-state index is 12.5. The van der Waals surface area contributed by atoms with Crippen molar-refractivity contribution in [2.24, 2.45) is 0 Å². The van der Waals surface area contributed by atoms with Crippen molar-refractivity contribution in [3.05, 3.63) is 63.6 Å². The normalized spacial score (nSPS) is 14.3. The molecule has 2 aromatic rings. The fourth-order valence-electron chi connectivity index (χ4n) is 3.16. The second kappa shape index (κ2) is 9.75. The van der Waals surface area contributed by atoms with Gasteiger partial charge >= 0.3 is 0 Å². The third-order valence-electron chi connectivity index (χ3n) is 4.77. The van der Waals surface area contributed by atoms with Gasteiger partial charge < -0.3 is 10.2 Å². The Morgan fingerprint density at radius 1 is 1.03 bits per heavy atom. The highest BCUT2D eigenvalue weighted by atomic mass is 35.5. The van der Waals surface area contributed by atoms with Gasteiger partial charge in [0.1, 0.15) is 6.07 Å². The van der Waals surface area contributed by atoms with Gasteiger partial charge in [0.25, 0.3) is 0 Å². The molecule has 1 heterocycles. The Bertz CT molecular complexity index is 950. The van der Waals surface area contributed by atoms with Crippen LogP contribution < -0.4 is 5.32 Å². The second-order valence-corrected chi connectivity index (χ2v) is 7.59. The minimum absolute atomic E-state index is 0.0365. The van der Waals surface area contributed by atoms with Crippen molar-refractivity contribution in [2.45, 2.75) is 6.42 Å². The van der Waals surface area contributed by atoms with E-state index in [-0.39, 0.29) is 24.8 Å². The van der Waals surface area contributed by atoms with Gasteiger partial charge in [0.2, 0.25) is 11.8 Å². The minimum atomic E-state index is -0.165. The standard InChI is InChI=1S/C21H20Cl2N4O2/c22-18-4-2-1-3-15(18)11-21(29)27-9-7-26(8-10-27)14-20(28)25-17-6-5-16(13-24)19(23)12-17/h1-6,12H,7-11,14H2,(H,25,28). The van der Waals surface area contributed by atoms with E-state index in [4.69, 9.17) is 28.5 Å². The van der Waals surface area contributed by atoms with Crippen LogP contribution in [0.4, 0.5) is 5.69 Å². The zero-order chi connectivity index (χ0) is 20.8. The van der Waals surface area contributed by atoms with Crippen LogP contribution in [0.5, 0.6) is 0 Å². The summed E-state index contributed by atoms with van der Waals surface area (Å²) in [7, 11) is 0. The zero-order valence-electron chi connectivity index (χ0n) is 15.7. The van der Waals surface area contributed by atoms with Crippen LogP contribution >= 0.6 is 23.2 Å². The molecule has 2 aromatic carbocycles. The maximum absolute atomic E-state index is 12.5. The van der Waals surface area contributed by atoms with Crippen molar-refractivity contribution in [1.82, 2.24) is 9.80 Å². The minimum Gasteiger partial charge on any atom is -0.340 e. The number of hydrogen-bond donors (Lipinski definition) is 1. The number of carbonyl (C=O) groups is 2. The average Bonchev–Trinajstić information content (AvgIpc) is 2.70. The summed E-state index contributed by atoms with van der Waals surface area (Å²) in [6.07, 6.45) is 0.277. The Labute approximate surface area is 179 Å². The number of halogens is 2. The molecule has 29 heavy (non-hydrogen) atoms. The molecule has 6 nitrogen and oxygen atoms in total. The summed E-state index contributed by atoms with van der Waals surface area (Å²) >= 11 is 12.1. The summed E-state index contributed by atoms with van der Waals surface area (Å²) in [5, 5.41) is 12.6. The number of benzene rings is 2. The first-order chi connectivity index (χ1) is 14.0. The molecule has 1 fully saturated rings. The van der Waals surface area contributed by atoms with E-state index in [1.165, 1.54) is 0 Å². The number of piperazine rings is 1. The van der Waals surface area contributed by atoms with E-state index in [0.29, 0.717) is 47.5 Å². The second-order valence-electron chi connectivity index (χ2n) is 6.78. The van der Waals surface area contributed by atoms with Crippen LogP contribution in [-0.4, -0.2) is 54.3 Å². The van der Waals surface area contributed by atoms with Gasteiger partial charge in [-0.15, -0.1) is 0 Å².